The molecule has 0 radical (unpaired) electrons. The number of ether oxygens (including phenoxy) is 4. The lowest BCUT2D eigenvalue weighted by molar-refractivity contribution is -0.160. The second-order valence-corrected chi connectivity index (χ2v) is 15.1. The van der Waals surface area contributed by atoms with Crippen LogP contribution in [0.5, 0.6) is 0 Å². The van der Waals surface area contributed by atoms with Gasteiger partial charge in [-0.05, 0) is 90.1 Å². The summed E-state index contributed by atoms with van der Waals surface area (Å²) in [5.41, 5.74) is 5.18. The summed E-state index contributed by atoms with van der Waals surface area (Å²) in [6.45, 7) is 17.2. The van der Waals surface area contributed by atoms with Gasteiger partial charge in [-0.25, -0.2) is 9.78 Å². The van der Waals surface area contributed by atoms with Crippen molar-refractivity contribution in [2.75, 3.05) is 37.8 Å². The van der Waals surface area contributed by atoms with E-state index >= 15 is 0 Å². The van der Waals surface area contributed by atoms with Crippen molar-refractivity contribution in [3.63, 3.8) is 0 Å². The number of aromatic nitrogens is 2. The molecule has 1 aliphatic rings. The number of rotatable bonds is 14. The number of halogens is 1. The van der Waals surface area contributed by atoms with Crippen LogP contribution < -0.4 is 4.90 Å². The molecule has 9 nitrogen and oxygen atoms in total. The summed E-state index contributed by atoms with van der Waals surface area (Å²) in [6, 6.07) is 18.2. The summed E-state index contributed by atoms with van der Waals surface area (Å²) < 4.78 is 27.5. The number of nitrogens with zero attached hydrogens (tertiary/aromatic N) is 3. The summed E-state index contributed by atoms with van der Waals surface area (Å²) in [6.07, 6.45) is 2.37. The molecule has 1 fully saturated rings. The van der Waals surface area contributed by atoms with Crippen LogP contribution in [0.4, 0.5) is 5.82 Å². The summed E-state index contributed by atoms with van der Waals surface area (Å²) in [5.74, 6) is -0.214. The van der Waals surface area contributed by atoms with Crippen molar-refractivity contribution in [3.05, 3.63) is 87.5 Å². The smallest absolute Gasteiger partial charge is 0.337 e. The summed E-state index contributed by atoms with van der Waals surface area (Å²) in [4.78, 5) is 20.2. The highest BCUT2D eigenvalue weighted by Gasteiger charge is 2.37. The Morgan fingerprint density at radius 1 is 1.04 bits per heavy atom. The molecule has 0 spiro atoms. The van der Waals surface area contributed by atoms with Gasteiger partial charge in [0.2, 0.25) is 0 Å². The number of imidazole rings is 1. The number of carboxylic acid groups (broad SMARTS) is 1. The highest BCUT2D eigenvalue weighted by Crippen LogP contribution is 2.41. The monoisotopic (exact) mass is 735 g/mol. The zero-order valence-corrected chi connectivity index (χ0v) is 31.4. The van der Waals surface area contributed by atoms with E-state index in [1.165, 1.54) is 0 Å². The quantitative estimate of drug-likeness (QED) is 0.129. The first-order valence-corrected chi connectivity index (χ1v) is 17.8. The van der Waals surface area contributed by atoms with Gasteiger partial charge < -0.3 is 29.0 Å². The Hall–Kier alpha value is -3.28. The zero-order valence-electron chi connectivity index (χ0n) is 29.8. The summed E-state index contributed by atoms with van der Waals surface area (Å²) >= 11 is 3.59. The number of carboxylic acids is 1. The molecule has 1 aliphatic heterocycles. The van der Waals surface area contributed by atoms with Gasteiger partial charge >= 0.3 is 5.97 Å². The Morgan fingerprint density at radius 2 is 1.76 bits per heavy atom. The Balaban J connectivity index is 1.33. The van der Waals surface area contributed by atoms with Gasteiger partial charge in [0, 0.05) is 34.9 Å². The van der Waals surface area contributed by atoms with Gasteiger partial charge in [-0.2, -0.15) is 0 Å². The second-order valence-electron chi connectivity index (χ2n) is 14.2. The Kier molecular flexibility index (Phi) is 11.9. The van der Waals surface area contributed by atoms with E-state index in [0.29, 0.717) is 45.1 Å². The van der Waals surface area contributed by atoms with Crippen molar-refractivity contribution in [1.82, 2.24) is 9.38 Å². The zero-order chi connectivity index (χ0) is 35.3. The molecule has 0 saturated carbocycles. The third kappa shape index (κ3) is 9.29. The standard InChI is InChI=1S/C39H50BrN3O6/c1-26(47-25-29-12-9-8-10-13-29)24-46-20-21-48-39(7)16-18-42(19-17-39)36-33(34(37(44)45)49-38(4,5)6)27(2)28(3)35-41-32(23-43(35)36)30-14-11-15-31(40)22-30/h8-15,22-23,26,34H,16-21,24-25H2,1-7H3,(H,44,45). The third-order valence-corrected chi connectivity index (χ3v) is 9.58. The molecule has 0 bridgehead atoms. The molecule has 2 aromatic carbocycles. The normalized spacial score (nSPS) is 16.2. The van der Waals surface area contributed by atoms with Crippen LogP contribution in [0.2, 0.25) is 0 Å². The number of carbonyl (C=O) groups is 1. The van der Waals surface area contributed by atoms with Gasteiger partial charge in [0.1, 0.15) is 11.5 Å². The van der Waals surface area contributed by atoms with Gasteiger partial charge in [-0.1, -0.05) is 58.4 Å². The van der Waals surface area contributed by atoms with Crippen LogP contribution in [0.25, 0.3) is 16.9 Å². The van der Waals surface area contributed by atoms with Gasteiger partial charge in [-0.15, -0.1) is 0 Å². The number of benzene rings is 2. The van der Waals surface area contributed by atoms with Gasteiger partial charge in [-0.3, -0.25) is 4.40 Å². The summed E-state index contributed by atoms with van der Waals surface area (Å²) in [7, 11) is 0. The van der Waals surface area contributed by atoms with Crippen molar-refractivity contribution in [1.29, 1.82) is 0 Å². The average Bonchev–Trinajstić information content (AvgIpc) is 3.50. The molecule has 1 saturated heterocycles. The van der Waals surface area contributed by atoms with E-state index in [0.717, 1.165) is 56.7 Å². The van der Waals surface area contributed by atoms with Crippen LogP contribution in [0.3, 0.4) is 0 Å². The minimum absolute atomic E-state index is 0.0213. The van der Waals surface area contributed by atoms with Crippen LogP contribution in [0.15, 0.2) is 65.3 Å². The highest BCUT2D eigenvalue weighted by molar-refractivity contribution is 9.10. The largest absolute Gasteiger partial charge is 0.479 e. The topological polar surface area (TPSA) is 94.8 Å². The van der Waals surface area contributed by atoms with Crippen LogP contribution in [0.1, 0.15) is 75.8 Å². The van der Waals surface area contributed by atoms with Crippen molar-refractivity contribution < 1.29 is 28.8 Å². The number of aliphatic carboxylic acids is 1. The fourth-order valence-electron chi connectivity index (χ4n) is 6.28. The predicted octanol–water partition coefficient (Wildman–Crippen LogP) is 8.32. The molecule has 5 rings (SSSR count). The molecule has 264 valence electrons. The molecule has 10 heteroatoms. The van der Waals surface area contributed by atoms with Gasteiger partial charge in [0.25, 0.3) is 0 Å². The number of hydrogen-bond donors (Lipinski definition) is 1. The van der Waals surface area contributed by atoms with Crippen LogP contribution >= 0.6 is 15.9 Å². The second kappa shape index (κ2) is 15.7. The fourth-order valence-corrected chi connectivity index (χ4v) is 6.68. The number of hydrogen-bond acceptors (Lipinski definition) is 7. The Bertz CT molecular complexity index is 1730. The molecule has 3 heterocycles. The van der Waals surface area contributed by atoms with E-state index < -0.39 is 17.7 Å². The van der Waals surface area contributed by atoms with Crippen LogP contribution in [-0.2, 0) is 30.3 Å². The third-order valence-electron chi connectivity index (χ3n) is 9.08. The van der Waals surface area contributed by atoms with E-state index in [1.807, 2.05) is 90.2 Å². The molecular formula is C39H50BrN3O6. The maximum Gasteiger partial charge on any atom is 0.337 e. The molecule has 49 heavy (non-hydrogen) atoms. The maximum absolute atomic E-state index is 12.9. The predicted molar refractivity (Wildman–Crippen MR) is 196 cm³/mol. The number of anilines is 1. The lowest BCUT2D eigenvalue weighted by atomic mass is 9.92. The van der Waals surface area contributed by atoms with Crippen molar-refractivity contribution >= 4 is 33.4 Å². The van der Waals surface area contributed by atoms with E-state index in [2.05, 4.69) is 44.3 Å². The van der Waals surface area contributed by atoms with Crippen LogP contribution in [0, 0.1) is 13.8 Å². The SMILES string of the molecule is Cc1c(C(OC(C)(C)C)C(=O)O)c(N2CCC(C)(OCCOCC(C)OCc3ccccc3)CC2)n2cc(-c3cccc(Br)c3)nc2c1C. The molecule has 2 unspecified atom stereocenters. The first-order valence-electron chi connectivity index (χ1n) is 17.1. The van der Waals surface area contributed by atoms with Crippen molar-refractivity contribution in [2.24, 2.45) is 0 Å². The first kappa shape index (κ1) is 37.0. The molecule has 2 aromatic heterocycles. The molecule has 4 aromatic rings. The summed E-state index contributed by atoms with van der Waals surface area (Å²) in [5, 5.41) is 10.5. The lowest BCUT2D eigenvalue weighted by Gasteiger charge is -2.42. The fraction of sp³-hybridized carbons (Fsp3) is 0.487. The number of pyridine rings is 1. The molecule has 0 aliphatic carbocycles. The van der Waals surface area contributed by atoms with Crippen molar-refractivity contribution in [3.8, 4) is 11.3 Å². The number of aryl methyl sites for hydroxylation is 1. The van der Waals surface area contributed by atoms with E-state index in [9.17, 15) is 9.90 Å². The Morgan fingerprint density at radius 3 is 2.41 bits per heavy atom. The molecular weight excluding hydrogens is 686 g/mol. The van der Waals surface area contributed by atoms with E-state index in [-0.39, 0.29) is 11.7 Å². The maximum atomic E-state index is 12.9. The minimum Gasteiger partial charge on any atom is -0.479 e. The van der Waals surface area contributed by atoms with E-state index in [1.54, 1.807) is 0 Å². The lowest BCUT2D eigenvalue weighted by Crippen LogP contribution is -2.46. The number of piperidine rings is 1. The average molecular weight is 737 g/mol. The van der Waals surface area contributed by atoms with E-state index in [4.69, 9.17) is 23.9 Å². The van der Waals surface area contributed by atoms with Crippen LogP contribution in [-0.4, -0.2) is 70.7 Å². The van der Waals surface area contributed by atoms with Gasteiger partial charge in [0.05, 0.1) is 49.4 Å². The first-order chi connectivity index (χ1) is 23.2. The minimum atomic E-state index is -1.16. The molecule has 2 atom stereocenters. The molecule has 1 N–H and O–H groups in total. The highest BCUT2D eigenvalue weighted by atomic mass is 79.9. The van der Waals surface area contributed by atoms with Crippen molar-refractivity contribution in [2.45, 2.75) is 91.3 Å². The Labute approximate surface area is 298 Å². The molecule has 0 amide bonds. The number of fused-ring (bicyclic) bond motifs is 1. The van der Waals surface area contributed by atoms with Gasteiger partial charge in [0.15, 0.2) is 6.10 Å².